The van der Waals surface area contributed by atoms with Crippen molar-refractivity contribution in [3.63, 3.8) is 0 Å². The molecular weight excluding hydrogens is 200 g/mol. The summed E-state index contributed by atoms with van der Waals surface area (Å²) >= 11 is 0. The fourth-order valence-corrected chi connectivity index (χ4v) is 0.544. The van der Waals surface area contributed by atoms with E-state index in [0.717, 1.165) is 5.76 Å². The molecule has 0 spiro atoms. The van der Waals surface area contributed by atoms with Crippen molar-refractivity contribution in [3.8, 4) is 0 Å². The summed E-state index contributed by atoms with van der Waals surface area (Å²) in [5.74, 6) is 0.808. The molecule has 0 N–H and O–H groups in total. The number of hydrogen-bond acceptors (Lipinski definition) is 2. The van der Waals surface area contributed by atoms with E-state index in [2.05, 4.69) is 32.0 Å². The Labute approximate surface area is 110 Å². The van der Waals surface area contributed by atoms with Crippen LogP contribution in [0.5, 0.6) is 0 Å². The van der Waals surface area contributed by atoms with Crippen LogP contribution in [0.25, 0.3) is 0 Å². The van der Waals surface area contributed by atoms with Gasteiger partial charge in [-0.15, -0.1) is 11.4 Å². The Balaban J connectivity index is 0.000000810. The van der Waals surface area contributed by atoms with Gasteiger partial charge in [-0.25, -0.2) is 0 Å². The second-order valence-corrected chi connectivity index (χ2v) is 3.05. The maximum atomic E-state index is 4.89. The number of hydrogen-bond donors (Lipinski definition) is 0. The fraction of sp³-hybridized carbons (Fsp3) is 0.571. The van der Waals surface area contributed by atoms with Crippen molar-refractivity contribution >= 4 is 0 Å². The molecule has 2 nitrogen and oxygen atoms in total. The first kappa shape index (κ1) is 11.0. The maximum Gasteiger partial charge on any atom is 1.00 e. The first-order chi connectivity index (χ1) is 4.11. The molecule has 0 radical (unpaired) electrons. The van der Waals surface area contributed by atoms with Gasteiger partial charge in [-0.05, 0) is 11.2 Å². The molecule has 1 rings (SSSR count). The quantitative estimate of drug-likeness (QED) is 0.501. The van der Waals surface area contributed by atoms with Gasteiger partial charge in [-0.3, -0.25) is 0 Å². The van der Waals surface area contributed by atoms with Gasteiger partial charge in [-0.2, -0.15) is 0 Å². The van der Waals surface area contributed by atoms with E-state index in [1.54, 1.807) is 6.20 Å². The van der Waals surface area contributed by atoms with Gasteiger partial charge in [0, 0.05) is 0 Å². The minimum absolute atomic E-state index is 0. The first-order valence-electron chi connectivity index (χ1n) is 2.93. The molecule has 0 aliphatic heterocycles. The molecule has 0 aliphatic rings. The molecule has 0 amide bonds. The van der Waals surface area contributed by atoms with Gasteiger partial charge in [0.05, 0.1) is 0 Å². The first-order valence-corrected chi connectivity index (χ1v) is 2.93. The van der Waals surface area contributed by atoms with Crippen LogP contribution in [0, 0.1) is 6.07 Å². The Hall–Kier alpha value is 1.02. The van der Waals surface area contributed by atoms with Crippen LogP contribution in [0.1, 0.15) is 26.5 Å². The van der Waals surface area contributed by atoms with Crippen molar-refractivity contribution in [3.05, 3.63) is 18.0 Å². The molecule has 0 unspecified atom stereocenters. The molecular formula is C7H10NORb. The topological polar surface area (TPSA) is 26.0 Å². The Bertz CT molecular complexity index is 176. The van der Waals surface area contributed by atoms with Crippen LogP contribution in [0.15, 0.2) is 10.7 Å². The van der Waals surface area contributed by atoms with Crippen molar-refractivity contribution in [1.82, 2.24) is 5.16 Å². The predicted octanol–water partition coefficient (Wildman–Crippen LogP) is -1.22. The summed E-state index contributed by atoms with van der Waals surface area (Å²) in [6.45, 7) is 6.18. The summed E-state index contributed by atoms with van der Waals surface area (Å²) in [4.78, 5) is 0. The van der Waals surface area contributed by atoms with E-state index in [4.69, 9.17) is 4.52 Å². The van der Waals surface area contributed by atoms with Crippen LogP contribution in [-0.4, -0.2) is 5.16 Å². The van der Waals surface area contributed by atoms with Crippen molar-refractivity contribution in [2.75, 3.05) is 0 Å². The van der Waals surface area contributed by atoms with Crippen LogP contribution in [0.3, 0.4) is 0 Å². The largest absolute Gasteiger partial charge is 1.00 e. The van der Waals surface area contributed by atoms with Crippen LogP contribution < -0.4 is 58.2 Å². The van der Waals surface area contributed by atoms with Crippen molar-refractivity contribution in [1.29, 1.82) is 0 Å². The molecule has 0 atom stereocenters. The van der Waals surface area contributed by atoms with E-state index in [0.29, 0.717) is 0 Å². The van der Waals surface area contributed by atoms with Crippen molar-refractivity contribution in [2.24, 2.45) is 0 Å². The molecule has 0 saturated heterocycles. The van der Waals surface area contributed by atoms with E-state index in [1.165, 1.54) is 0 Å². The second-order valence-electron chi connectivity index (χ2n) is 3.05. The SMILES string of the molecule is CC(C)(C)c1[c-]cno1.[Rb+]. The summed E-state index contributed by atoms with van der Waals surface area (Å²) < 4.78 is 4.89. The molecule has 0 fully saturated rings. The van der Waals surface area contributed by atoms with Crippen LogP contribution in [0.4, 0.5) is 0 Å². The Morgan fingerprint density at radius 2 is 2.10 bits per heavy atom. The fourth-order valence-electron chi connectivity index (χ4n) is 0.544. The Morgan fingerprint density at radius 1 is 1.50 bits per heavy atom. The van der Waals surface area contributed by atoms with E-state index >= 15 is 0 Å². The summed E-state index contributed by atoms with van der Waals surface area (Å²) in [6.07, 6.45) is 1.54. The van der Waals surface area contributed by atoms with Gasteiger partial charge < -0.3 is 10.6 Å². The summed E-state index contributed by atoms with van der Waals surface area (Å²) in [5, 5.41) is 3.56. The molecule has 50 valence electrons. The standard InChI is InChI=1S/C7H10NO.Rb/c1-7(2,3)6-4-5-8-9-6;/h5H,1-3H3;/q-1;+1. The number of nitrogens with zero attached hydrogens (tertiary/aromatic N) is 1. The van der Waals surface area contributed by atoms with Gasteiger partial charge in [0.1, 0.15) is 0 Å². The van der Waals surface area contributed by atoms with E-state index in [9.17, 15) is 0 Å². The van der Waals surface area contributed by atoms with E-state index in [1.807, 2.05) is 0 Å². The second kappa shape index (κ2) is 4.14. The number of aromatic nitrogens is 1. The molecule has 10 heavy (non-hydrogen) atoms. The third-order valence-corrected chi connectivity index (χ3v) is 1.07. The van der Waals surface area contributed by atoms with Crippen LogP contribution >= 0.6 is 0 Å². The summed E-state index contributed by atoms with van der Waals surface area (Å²) in [7, 11) is 0. The molecule has 3 heteroatoms. The van der Waals surface area contributed by atoms with Crippen LogP contribution in [-0.2, 0) is 5.41 Å². The molecule has 1 heterocycles. The normalized spacial score (nSPS) is 10.7. The van der Waals surface area contributed by atoms with E-state index in [-0.39, 0.29) is 63.6 Å². The van der Waals surface area contributed by atoms with Gasteiger partial charge >= 0.3 is 58.2 Å². The third-order valence-electron chi connectivity index (χ3n) is 1.07. The predicted molar refractivity (Wildman–Crippen MR) is 34.0 cm³/mol. The zero-order valence-corrected chi connectivity index (χ0v) is 11.8. The molecule has 0 aliphatic carbocycles. The van der Waals surface area contributed by atoms with Gasteiger partial charge in [0.15, 0.2) is 0 Å². The van der Waals surface area contributed by atoms with Gasteiger partial charge in [-0.1, -0.05) is 20.8 Å². The Morgan fingerprint density at radius 3 is 2.30 bits per heavy atom. The van der Waals surface area contributed by atoms with Gasteiger partial charge in [0.2, 0.25) is 0 Å². The van der Waals surface area contributed by atoms with Crippen molar-refractivity contribution in [2.45, 2.75) is 26.2 Å². The summed E-state index contributed by atoms with van der Waals surface area (Å²) in [5.41, 5.74) is 0.0382. The maximum absolute atomic E-state index is 4.89. The molecule has 0 saturated carbocycles. The monoisotopic (exact) mass is 209 g/mol. The zero-order chi connectivity index (χ0) is 6.91. The minimum atomic E-state index is 0. The van der Waals surface area contributed by atoms with Crippen LogP contribution in [0.2, 0.25) is 0 Å². The average Bonchev–Trinajstić information content (AvgIpc) is 2.08. The zero-order valence-electron chi connectivity index (χ0n) is 6.93. The van der Waals surface area contributed by atoms with Crippen molar-refractivity contribution < 1.29 is 62.7 Å². The average molecular weight is 210 g/mol. The third kappa shape index (κ3) is 2.95. The summed E-state index contributed by atoms with van der Waals surface area (Å²) in [6, 6.07) is 2.90. The minimum Gasteiger partial charge on any atom is -0.406 e. The molecule has 0 bridgehead atoms. The van der Waals surface area contributed by atoms with E-state index < -0.39 is 0 Å². The molecule has 1 aromatic heterocycles. The molecule has 1 aromatic rings. The smallest absolute Gasteiger partial charge is 0.406 e. The molecule has 0 aromatic carbocycles. The number of rotatable bonds is 0. The van der Waals surface area contributed by atoms with Gasteiger partial charge in [0.25, 0.3) is 0 Å². The Kier molecular flexibility index (Phi) is 4.56.